The Bertz CT molecular complexity index is 1020. The molecule has 3 rings (SSSR count). The summed E-state index contributed by atoms with van der Waals surface area (Å²) in [5, 5.41) is 15.2. The molecule has 0 spiro atoms. The Labute approximate surface area is 172 Å². The average Bonchev–Trinajstić information content (AvgIpc) is 3.41. The van der Waals surface area contributed by atoms with E-state index in [1.54, 1.807) is 13.1 Å². The molecule has 2 heterocycles. The van der Waals surface area contributed by atoms with Crippen LogP contribution in [0.5, 0.6) is 0 Å². The molecule has 1 amide bonds. The van der Waals surface area contributed by atoms with Gasteiger partial charge in [0, 0.05) is 19.7 Å². The number of hydrogen-bond acceptors (Lipinski definition) is 6. The van der Waals surface area contributed by atoms with E-state index in [4.69, 9.17) is 10.00 Å². The van der Waals surface area contributed by atoms with E-state index >= 15 is 0 Å². The SMILES string of the molecule is C[C@@H](OC(=O)c1cc(-c2cccs2)nn1-c1ccccc1)C(=O)N(C)CCC#N. The van der Waals surface area contributed by atoms with Gasteiger partial charge in [-0.25, -0.2) is 9.48 Å². The van der Waals surface area contributed by atoms with Gasteiger partial charge in [0.1, 0.15) is 5.69 Å². The van der Waals surface area contributed by atoms with Crippen LogP contribution in [0, 0.1) is 11.3 Å². The van der Waals surface area contributed by atoms with Crippen LogP contribution in [0.1, 0.15) is 23.8 Å². The van der Waals surface area contributed by atoms with E-state index < -0.39 is 12.1 Å². The van der Waals surface area contributed by atoms with Crippen molar-refractivity contribution >= 4 is 23.2 Å². The van der Waals surface area contributed by atoms with Crippen molar-refractivity contribution in [1.29, 1.82) is 5.26 Å². The second-order valence-corrected chi connectivity index (χ2v) is 7.30. The number of hydrogen-bond donors (Lipinski definition) is 0. The second-order valence-electron chi connectivity index (χ2n) is 6.35. The van der Waals surface area contributed by atoms with Gasteiger partial charge < -0.3 is 9.64 Å². The number of nitriles is 1. The number of carbonyl (C=O) groups is 2. The van der Waals surface area contributed by atoms with E-state index in [2.05, 4.69) is 5.10 Å². The molecule has 1 atom stereocenters. The summed E-state index contributed by atoms with van der Waals surface area (Å²) >= 11 is 1.52. The molecule has 0 radical (unpaired) electrons. The molecular formula is C21H20N4O3S. The molecule has 148 valence electrons. The van der Waals surface area contributed by atoms with Gasteiger partial charge in [-0.2, -0.15) is 10.4 Å². The van der Waals surface area contributed by atoms with Crippen molar-refractivity contribution < 1.29 is 14.3 Å². The minimum atomic E-state index is -0.976. The number of carbonyl (C=O) groups excluding carboxylic acids is 2. The molecule has 0 bridgehead atoms. The molecule has 1 aromatic carbocycles. The topological polar surface area (TPSA) is 88.2 Å². The Balaban J connectivity index is 1.86. The number of likely N-dealkylation sites (N-methyl/N-ethyl adjacent to an activating group) is 1. The monoisotopic (exact) mass is 408 g/mol. The predicted octanol–water partition coefficient (Wildman–Crippen LogP) is 3.52. The Hall–Kier alpha value is -3.44. The lowest BCUT2D eigenvalue weighted by Crippen LogP contribution is -2.38. The fourth-order valence-electron chi connectivity index (χ4n) is 2.75. The van der Waals surface area contributed by atoms with Crippen LogP contribution in [-0.2, 0) is 9.53 Å². The van der Waals surface area contributed by atoms with Crippen molar-refractivity contribution in [2.24, 2.45) is 0 Å². The zero-order chi connectivity index (χ0) is 20.8. The number of ether oxygens (including phenoxy) is 1. The highest BCUT2D eigenvalue weighted by molar-refractivity contribution is 7.13. The maximum absolute atomic E-state index is 12.9. The standard InChI is InChI=1S/C21H20N4O3S/c1-15(20(26)24(2)12-7-11-22)28-21(27)18-14-17(19-10-6-13-29-19)23-25(18)16-8-4-3-5-9-16/h3-6,8-10,13-15H,7,12H2,1-2H3/t15-/m1/s1. The summed E-state index contributed by atoms with van der Waals surface area (Å²) in [6.07, 6.45) is -0.760. The molecule has 3 aromatic rings. The van der Waals surface area contributed by atoms with E-state index in [0.717, 1.165) is 4.88 Å². The fourth-order valence-corrected chi connectivity index (χ4v) is 3.43. The highest BCUT2D eigenvalue weighted by Crippen LogP contribution is 2.26. The number of nitrogens with zero attached hydrogens (tertiary/aromatic N) is 4. The van der Waals surface area contributed by atoms with E-state index in [1.165, 1.54) is 27.8 Å². The quantitative estimate of drug-likeness (QED) is 0.558. The summed E-state index contributed by atoms with van der Waals surface area (Å²) < 4.78 is 6.94. The first-order valence-corrected chi connectivity index (χ1v) is 9.91. The van der Waals surface area contributed by atoms with Gasteiger partial charge in [0.15, 0.2) is 11.8 Å². The highest BCUT2D eigenvalue weighted by atomic mass is 32.1. The maximum atomic E-state index is 12.9. The second kappa shape index (κ2) is 9.17. The van der Waals surface area contributed by atoms with Crippen molar-refractivity contribution in [2.45, 2.75) is 19.4 Å². The third-order valence-corrected chi connectivity index (χ3v) is 5.15. The van der Waals surface area contributed by atoms with Gasteiger partial charge in [-0.1, -0.05) is 24.3 Å². The number of aromatic nitrogens is 2. The summed E-state index contributed by atoms with van der Waals surface area (Å²) in [7, 11) is 1.58. The largest absolute Gasteiger partial charge is 0.448 e. The molecule has 0 aliphatic heterocycles. The molecule has 29 heavy (non-hydrogen) atoms. The highest BCUT2D eigenvalue weighted by Gasteiger charge is 2.25. The van der Waals surface area contributed by atoms with Crippen LogP contribution in [0.25, 0.3) is 16.3 Å². The number of esters is 1. The van der Waals surface area contributed by atoms with Gasteiger partial charge in [-0.3, -0.25) is 4.79 Å². The Kier molecular flexibility index (Phi) is 6.42. The number of amides is 1. The van der Waals surface area contributed by atoms with Crippen molar-refractivity contribution in [1.82, 2.24) is 14.7 Å². The minimum absolute atomic E-state index is 0.216. The molecule has 0 aliphatic rings. The lowest BCUT2D eigenvalue weighted by atomic mass is 10.3. The summed E-state index contributed by atoms with van der Waals surface area (Å²) in [5.74, 6) is -1.00. The van der Waals surface area contributed by atoms with E-state index in [9.17, 15) is 9.59 Å². The molecule has 0 saturated heterocycles. The summed E-state index contributed by atoms with van der Waals surface area (Å²) in [5.41, 5.74) is 1.60. The summed E-state index contributed by atoms with van der Waals surface area (Å²) in [4.78, 5) is 27.6. The molecule has 0 saturated carbocycles. The zero-order valence-corrected chi connectivity index (χ0v) is 16.9. The van der Waals surface area contributed by atoms with Crippen molar-refractivity contribution in [3.63, 3.8) is 0 Å². The predicted molar refractivity (Wildman–Crippen MR) is 110 cm³/mol. The smallest absolute Gasteiger partial charge is 0.357 e. The molecule has 8 heteroatoms. The third kappa shape index (κ3) is 4.70. The van der Waals surface area contributed by atoms with Crippen LogP contribution in [-0.4, -0.2) is 46.3 Å². The van der Waals surface area contributed by atoms with E-state index in [-0.39, 0.29) is 24.6 Å². The first-order valence-electron chi connectivity index (χ1n) is 9.03. The minimum Gasteiger partial charge on any atom is -0.448 e. The van der Waals surface area contributed by atoms with Gasteiger partial charge in [-0.05, 0) is 30.5 Å². The van der Waals surface area contributed by atoms with Crippen LogP contribution in [0.15, 0.2) is 53.9 Å². The number of thiophene rings is 1. The van der Waals surface area contributed by atoms with Crippen molar-refractivity contribution in [3.8, 4) is 22.3 Å². The molecule has 0 fully saturated rings. The van der Waals surface area contributed by atoms with Crippen LogP contribution >= 0.6 is 11.3 Å². The van der Waals surface area contributed by atoms with Crippen LogP contribution in [0.4, 0.5) is 0 Å². The van der Waals surface area contributed by atoms with Gasteiger partial charge >= 0.3 is 5.97 Å². The summed E-state index contributed by atoms with van der Waals surface area (Å²) in [6.45, 7) is 1.80. The third-order valence-electron chi connectivity index (χ3n) is 4.26. The molecule has 0 unspecified atom stereocenters. The van der Waals surface area contributed by atoms with Gasteiger partial charge in [-0.15, -0.1) is 11.3 Å². The fraction of sp³-hybridized carbons (Fsp3) is 0.238. The normalized spacial score (nSPS) is 11.5. The Morgan fingerprint density at radius 1 is 1.28 bits per heavy atom. The Morgan fingerprint density at radius 3 is 2.69 bits per heavy atom. The van der Waals surface area contributed by atoms with Gasteiger partial charge in [0.25, 0.3) is 5.91 Å². The van der Waals surface area contributed by atoms with Crippen LogP contribution in [0.3, 0.4) is 0 Å². The van der Waals surface area contributed by atoms with Crippen molar-refractivity contribution in [3.05, 3.63) is 59.6 Å². The molecular weight excluding hydrogens is 388 g/mol. The van der Waals surface area contributed by atoms with E-state index in [0.29, 0.717) is 11.4 Å². The Morgan fingerprint density at radius 2 is 2.03 bits per heavy atom. The lowest BCUT2D eigenvalue weighted by molar-refractivity contribution is -0.138. The number of para-hydroxylation sites is 1. The average molecular weight is 408 g/mol. The summed E-state index contributed by atoms with van der Waals surface area (Å²) in [6, 6.07) is 16.8. The first-order chi connectivity index (χ1) is 14.0. The number of rotatable bonds is 7. The molecule has 0 aliphatic carbocycles. The molecule has 0 N–H and O–H groups in total. The van der Waals surface area contributed by atoms with E-state index in [1.807, 2.05) is 53.9 Å². The first kappa shape index (κ1) is 20.3. The lowest BCUT2D eigenvalue weighted by Gasteiger charge is -2.20. The van der Waals surface area contributed by atoms with Gasteiger partial charge in [0.2, 0.25) is 0 Å². The van der Waals surface area contributed by atoms with Crippen LogP contribution in [0.2, 0.25) is 0 Å². The zero-order valence-electron chi connectivity index (χ0n) is 16.1. The van der Waals surface area contributed by atoms with Gasteiger partial charge in [0.05, 0.1) is 23.1 Å². The number of benzene rings is 1. The molecule has 2 aromatic heterocycles. The maximum Gasteiger partial charge on any atom is 0.357 e. The molecule has 7 nitrogen and oxygen atoms in total. The van der Waals surface area contributed by atoms with Crippen LogP contribution < -0.4 is 0 Å². The van der Waals surface area contributed by atoms with Crippen molar-refractivity contribution in [2.75, 3.05) is 13.6 Å².